The maximum atomic E-state index is 14.1. The van der Waals surface area contributed by atoms with E-state index in [-0.39, 0.29) is 23.5 Å². The van der Waals surface area contributed by atoms with Crippen LogP contribution in [0, 0.1) is 25.6 Å². The summed E-state index contributed by atoms with van der Waals surface area (Å²) in [6.45, 7) is 7.30. The number of hydrogen-bond acceptors (Lipinski definition) is 4. The molecule has 0 radical (unpaired) electrons. The highest BCUT2D eigenvalue weighted by Crippen LogP contribution is 2.25. The van der Waals surface area contributed by atoms with Crippen molar-refractivity contribution in [1.29, 1.82) is 0 Å². The third kappa shape index (κ3) is 4.67. The van der Waals surface area contributed by atoms with E-state index in [1.165, 1.54) is 6.07 Å². The number of aryl methyl sites for hydroxylation is 2. The van der Waals surface area contributed by atoms with E-state index >= 15 is 0 Å². The van der Waals surface area contributed by atoms with Gasteiger partial charge in [-0.1, -0.05) is 47.6 Å². The van der Waals surface area contributed by atoms with Crippen molar-refractivity contribution in [2.45, 2.75) is 27.2 Å². The van der Waals surface area contributed by atoms with Crippen molar-refractivity contribution < 1.29 is 18.5 Å². The van der Waals surface area contributed by atoms with E-state index in [0.717, 1.165) is 11.1 Å². The number of carbonyl (C=O) groups excluding carboxylic acids is 2. The monoisotopic (exact) mass is 449 g/mol. The SMILES string of the molecule is CCN1CCN(C(=O)c2c(C)noc2C)C[C@@H](Cc2ccc(-c3ccccc3F)cc2)C1=O. The number of halogens is 1. The van der Waals surface area contributed by atoms with Gasteiger partial charge in [-0.3, -0.25) is 9.59 Å². The van der Waals surface area contributed by atoms with Gasteiger partial charge >= 0.3 is 0 Å². The summed E-state index contributed by atoms with van der Waals surface area (Å²) in [5, 5.41) is 3.90. The highest BCUT2D eigenvalue weighted by Gasteiger charge is 2.33. The molecule has 1 aliphatic heterocycles. The van der Waals surface area contributed by atoms with Crippen LogP contribution in [0.25, 0.3) is 11.1 Å². The molecule has 1 saturated heterocycles. The highest BCUT2D eigenvalue weighted by atomic mass is 19.1. The summed E-state index contributed by atoms with van der Waals surface area (Å²) in [4.78, 5) is 30.0. The zero-order chi connectivity index (χ0) is 23.5. The first kappa shape index (κ1) is 22.7. The van der Waals surface area contributed by atoms with Crippen LogP contribution in [0.15, 0.2) is 53.1 Å². The molecule has 0 saturated carbocycles. The Hall–Kier alpha value is -3.48. The van der Waals surface area contributed by atoms with E-state index in [2.05, 4.69) is 5.16 Å². The molecule has 0 unspecified atom stereocenters. The van der Waals surface area contributed by atoms with Crippen molar-refractivity contribution >= 4 is 11.8 Å². The van der Waals surface area contributed by atoms with Crippen molar-refractivity contribution in [3.63, 3.8) is 0 Å². The van der Waals surface area contributed by atoms with E-state index in [0.29, 0.717) is 55.2 Å². The van der Waals surface area contributed by atoms with Crippen molar-refractivity contribution in [2.75, 3.05) is 26.2 Å². The number of benzene rings is 2. The van der Waals surface area contributed by atoms with E-state index in [9.17, 15) is 14.0 Å². The first-order chi connectivity index (χ1) is 15.9. The van der Waals surface area contributed by atoms with Crippen molar-refractivity contribution in [2.24, 2.45) is 5.92 Å². The minimum atomic E-state index is -0.365. The molecular formula is C26H28FN3O3. The lowest BCUT2D eigenvalue weighted by Crippen LogP contribution is -2.38. The van der Waals surface area contributed by atoms with Gasteiger partial charge in [-0.2, -0.15) is 0 Å². The van der Waals surface area contributed by atoms with Crippen molar-refractivity contribution in [3.8, 4) is 11.1 Å². The number of hydrogen-bond donors (Lipinski definition) is 0. The summed E-state index contributed by atoms with van der Waals surface area (Å²) >= 11 is 0. The topological polar surface area (TPSA) is 66.7 Å². The molecule has 0 bridgehead atoms. The summed E-state index contributed by atoms with van der Waals surface area (Å²) in [7, 11) is 0. The van der Waals surface area contributed by atoms with Gasteiger partial charge in [-0.25, -0.2) is 4.39 Å². The standard InChI is InChI=1S/C26H28FN3O3/c1-4-29-13-14-30(26(32)24-17(2)28-33-18(24)3)16-21(25(29)31)15-19-9-11-20(12-10-19)22-7-5-6-8-23(22)27/h5-12,21H,4,13-16H2,1-3H3/t21-/m1/s1. The molecule has 3 aromatic rings. The first-order valence-electron chi connectivity index (χ1n) is 11.2. The van der Waals surface area contributed by atoms with E-state index in [1.54, 1.807) is 41.8 Å². The molecule has 172 valence electrons. The van der Waals surface area contributed by atoms with Gasteiger partial charge in [0, 0.05) is 31.7 Å². The third-order valence-electron chi connectivity index (χ3n) is 6.28. The van der Waals surface area contributed by atoms with Gasteiger partial charge in [0.15, 0.2) is 0 Å². The van der Waals surface area contributed by atoms with Crippen molar-refractivity contribution in [1.82, 2.24) is 15.0 Å². The quantitative estimate of drug-likeness (QED) is 0.584. The third-order valence-corrected chi connectivity index (χ3v) is 6.28. The molecule has 1 atom stereocenters. The Bertz CT molecular complexity index is 1140. The highest BCUT2D eigenvalue weighted by molar-refractivity contribution is 5.96. The van der Waals surface area contributed by atoms with E-state index < -0.39 is 0 Å². The van der Waals surface area contributed by atoms with Gasteiger partial charge in [0.25, 0.3) is 5.91 Å². The van der Waals surface area contributed by atoms with Gasteiger partial charge in [0.05, 0.1) is 11.6 Å². The maximum Gasteiger partial charge on any atom is 0.259 e. The second-order valence-corrected chi connectivity index (χ2v) is 8.45. The van der Waals surface area contributed by atoms with Crippen LogP contribution in [-0.4, -0.2) is 52.9 Å². The number of aromatic nitrogens is 1. The summed E-state index contributed by atoms with van der Waals surface area (Å²) in [5.41, 5.74) is 3.33. The lowest BCUT2D eigenvalue weighted by atomic mass is 9.95. The molecule has 1 fully saturated rings. The minimum Gasteiger partial charge on any atom is -0.361 e. The molecule has 7 heteroatoms. The van der Waals surface area contributed by atoms with Crippen LogP contribution in [0.2, 0.25) is 0 Å². The first-order valence-corrected chi connectivity index (χ1v) is 11.2. The lowest BCUT2D eigenvalue weighted by molar-refractivity contribution is -0.134. The van der Waals surface area contributed by atoms with Gasteiger partial charge in [-0.15, -0.1) is 0 Å². The molecule has 1 aliphatic rings. The molecule has 4 rings (SSSR count). The fraction of sp³-hybridized carbons (Fsp3) is 0.346. The molecule has 2 amide bonds. The molecule has 33 heavy (non-hydrogen) atoms. The number of likely N-dealkylation sites (N-methyl/N-ethyl adjacent to an activating group) is 1. The Kier molecular flexibility index (Phi) is 6.58. The molecular weight excluding hydrogens is 421 g/mol. The number of amides is 2. The van der Waals surface area contributed by atoms with Crippen LogP contribution in [0.3, 0.4) is 0 Å². The van der Waals surface area contributed by atoms with Crippen LogP contribution in [0.1, 0.15) is 34.3 Å². The summed E-state index contributed by atoms with van der Waals surface area (Å²) in [6.07, 6.45) is 0.498. The predicted octanol–water partition coefficient (Wildman–Crippen LogP) is 4.26. The molecule has 2 heterocycles. The fourth-order valence-electron chi connectivity index (χ4n) is 4.44. The van der Waals surface area contributed by atoms with Gasteiger partial charge < -0.3 is 14.3 Å². The van der Waals surface area contributed by atoms with Gasteiger partial charge in [0.1, 0.15) is 17.1 Å². The Labute approximate surface area is 193 Å². The Morgan fingerprint density at radius 3 is 2.48 bits per heavy atom. The summed E-state index contributed by atoms with van der Waals surface area (Å²) in [5.74, 6) is -0.255. The Morgan fingerprint density at radius 2 is 1.85 bits per heavy atom. The maximum absolute atomic E-state index is 14.1. The smallest absolute Gasteiger partial charge is 0.259 e. The van der Waals surface area contributed by atoms with Crippen LogP contribution in [0.5, 0.6) is 0 Å². The number of carbonyl (C=O) groups is 2. The molecule has 0 aliphatic carbocycles. The zero-order valence-corrected chi connectivity index (χ0v) is 19.2. The normalized spacial score (nSPS) is 16.7. The molecule has 6 nitrogen and oxygen atoms in total. The fourth-order valence-corrected chi connectivity index (χ4v) is 4.44. The number of rotatable bonds is 5. The lowest BCUT2D eigenvalue weighted by Gasteiger charge is -2.23. The minimum absolute atomic E-state index is 0.0461. The largest absolute Gasteiger partial charge is 0.361 e. The Balaban J connectivity index is 1.56. The number of nitrogens with zero attached hydrogens (tertiary/aromatic N) is 3. The van der Waals surface area contributed by atoms with E-state index in [4.69, 9.17) is 4.52 Å². The molecule has 0 spiro atoms. The molecule has 1 aromatic heterocycles. The Morgan fingerprint density at radius 1 is 1.12 bits per heavy atom. The van der Waals surface area contributed by atoms with Crippen LogP contribution >= 0.6 is 0 Å². The predicted molar refractivity (Wildman–Crippen MR) is 123 cm³/mol. The van der Waals surface area contributed by atoms with Crippen LogP contribution in [0.4, 0.5) is 4.39 Å². The zero-order valence-electron chi connectivity index (χ0n) is 19.2. The van der Waals surface area contributed by atoms with Crippen LogP contribution < -0.4 is 0 Å². The average molecular weight is 450 g/mol. The molecule has 2 aromatic carbocycles. The summed E-state index contributed by atoms with van der Waals surface area (Å²) in [6, 6.07) is 14.3. The van der Waals surface area contributed by atoms with Gasteiger partial charge in [-0.05, 0) is 44.4 Å². The average Bonchev–Trinajstić information content (AvgIpc) is 3.06. The van der Waals surface area contributed by atoms with Crippen LogP contribution in [-0.2, 0) is 11.2 Å². The molecule has 0 N–H and O–H groups in total. The second kappa shape index (κ2) is 9.57. The van der Waals surface area contributed by atoms with Gasteiger partial charge in [0.2, 0.25) is 5.91 Å². The summed E-state index contributed by atoms with van der Waals surface area (Å²) < 4.78 is 19.3. The second-order valence-electron chi connectivity index (χ2n) is 8.45. The van der Waals surface area contributed by atoms with Crippen molar-refractivity contribution in [3.05, 3.63) is 76.9 Å². The van der Waals surface area contributed by atoms with E-state index in [1.807, 2.05) is 31.2 Å².